The highest BCUT2D eigenvalue weighted by molar-refractivity contribution is 5.99. The molecule has 0 atom stereocenters. The largest absolute Gasteiger partial charge is 0.465 e. The molecule has 0 spiro atoms. The van der Waals surface area contributed by atoms with E-state index in [9.17, 15) is 4.79 Å². The van der Waals surface area contributed by atoms with Gasteiger partial charge in [-0.2, -0.15) is 5.10 Å². The Morgan fingerprint density at radius 2 is 2.00 bits per heavy atom. The number of aromatic nitrogens is 2. The lowest BCUT2D eigenvalue weighted by Crippen LogP contribution is -2.24. The molecule has 0 bridgehead atoms. The van der Waals surface area contributed by atoms with Crippen LogP contribution >= 0.6 is 0 Å². The number of ether oxygens (including phenoxy) is 1. The first-order chi connectivity index (χ1) is 8.47. The molecule has 0 aliphatic carbocycles. The summed E-state index contributed by atoms with van der Waals surface area (Å²) in [7, 11) is 1.35. The zero-order chi connectivity index (χ0) is 13.9. The van der Waals surface area contributed by atoms with Crippen LogP contribution in [-0.2, 0) is 4.74 Å². The molecule has 0 radical (unpaired) electrons. The van der Waals surface area contributed by atoms with Gasteiger partial charge in [-0.1, -0.05) is 0 Å². The zero-order valence-electron chi connectivity index (χ0n) is 11.7. The molecule has 2 N–H and O–H groups in total. The van der Waals surface area contributed by atoms with Crippen LogP contribution < -0.4 is 10.6 Å². The van der Waals surface area contributed by atoms with E-state index in [1.807, 2.05) is 32.6 Å². The molecule has 0 saturated carbocycles. The van der Waals surface area contributed by atoms with Crippen LogP contribution in [0.3, 0.4) is 0 Å². The molecule has 1 aromatic heterocycles. The van der Waals surface area contributed by atoms with Gasteiger partial charge in [-0.05, 0) is 27.7 Å². The Morgan fingerprint density at radius 3 is 2.39 bits per heavy atom. The van der Waals surface area contributed by atoms with Crippen LogP contribution in [0, 0.1) is 0 Å². The summed E-state index contributed by atoms with van der Waals surface area (Å²) >= 11 is 0. The molecule has 0 fully saturated rings. The Bertz CT molecular complexity index is 422. The van der Waals surface area contributed by atoms with Crippen molar-refractivity contribution >= 4 is 17.6 Å². The van der Waals surface area contributed by atoms with Crippen molar-refractivity contribution in [2.75, 3.05) is 30.8 Å². The molecule has 1 heterocycles. The lowest BCUT2D eigenvalue weighted by molar-refractivity contribution is 0.0602. The number of methoxy groups -OCH3 is 1. The quantitative estimate of drug-likeness (QED) is 0.809. The van der Waals surface area contributed by atoms with Crippen molar-refractivity contribution in [3.63, 3.8) is 0 Å². The fourth-order valence-electron chi connectivity index (χ4n) is 1.87. The third-order valence-corrected chi connectivity index (χ3v) is 2.87. The van der Waals surface area contributed by atoms with Gasteiger partial charge in [-0.25, -0.2) is 9.48 Å². The third kappa shape index (κ3) is 2.42. The van der Waals surface area contributed by atoms with E-state index < -0.39 is 5.97 Å². The molecule has 0 unspecified atom stereocenters. The average Bonchev–Trinajstić information content (AvgIpc) is 2.68. The smallest absolute Gasteiger partial charge is 0.345 e. The van der Waals surface area contributed by atoms with E-state index in [1.54, 1.807) is 4.68 Å². The lowest BCUT2D eigenvalue weighted by atomic mass is 10.2. The van der Waals surface area contributed by atoms with Crippen LogP contribution in [0.1, 0.15) is 44.1 Å². The number of carbonyl (C=O) groups is 1. The first-order valence-corrected chi connectivity index (χ1v) is 6.19. The van der Waals surface area contributed by atoms with Crippen LogP contribution in [0.5, 0.6) is 0 Å². The molecule has 6 nitrogen and oxygen atoms in total. The van der Waals surface area contributed by atoms with Gasteiger partial charge in [0.15, 0.2) is 5.82 Å². The molecular formula is C12H22N4O2. The Morgan fingerprint density at radius 1 is 1.44 bits per heavy atom. The SMILES string of the molecule is CCN(CC)c1nn(C(C)C)c(N)c1C(=O)OC. The molecular weight excluding hydrogens is 232 g/mol. The average molecular weight is 254 g/mol. The second-order valence-electron chi connectivity index (χ2n) is 4.29. The highest BCUT2D eigenvalue weighted by Gasteiger charge is 2.26. The summed E-state index contributed by atoms with van der Waals surface area (Å²) in [4.78, 5) is 13.8. The van der Waals surface area contributed by atoms with E-state index in [1.165, 1.54) is 7.11 Å². The highest BCUT2D eigenvalue weighted by atomic mass is 16.5. The van der Waals surface area contributed by atoms with Crippen molar-refractivity contribution in [2.24, 2.45) is 0 Å². The number of hydrogen-bond acceptors (Lipinski definition) is 5. The summed E-state index contributed by atoms with van der Waals surface area (Å²) in [5.41, 5.74) is 6.36. The van der Waals surface area contributed by atoms with Gasteiger partial charge >= 0.3 is 5.97 Å². The first-order valence-electron chi connectivity index (χ1n) is 6.19. The Labute approximate surface area is 108 Å². The van der Waals surface area contributed by atoms with Crippen molar-refractivity contribution < 1.29 is 9.53 Å². The molecule has 1 aromatic rings. The van der Waals surface area contributed by atoms with Crippen LogP contribution in [0.2, 0.25) is 0 Å². The summed E-state index contributed by atoms with van der Waals surface area (Å²) in [6.07, 6.45) is 0. The van der Waals surface area contributed by atoms with Gasteiger partial charge in [0.1, 0.15) is 11.4 Å². The van der Waals surface area contributed by atoms with Gasteiger partial charge < -0.3 is 15.4 Å². The summed E-state index contributed by atoms with van der Waals surface area (Å²) in [6.45, 7) is 9.47. The van der Waals surface area contributed by atoms with Crippen LogP contribution in [0.15, 0.2) is 0 Å². The summed E-state index contributed by atoms with van der Waals surface area (Å²) in [5, 5.41) is 4.44. The molecule has 18 heavy (non-hydrogen) atoms. The number of esters is 1. The minimum absolute atomic E-state index is 0.0951. The standard InChI is InChI=1S/C12H22N4O2/c1-6-15(7-2)11-9(12(17)18-5)10(13)16(14-11)8(3)4/h8H,6-7,13H2,1-5H3. The number of anilines is 2. The van der Waals surface area contributed by atoms with Crippen LogP contribution in [0.4, 0.5) is 11.6 Å². The molecule has 1 rings (SSSR count). The van der Waals surface area contributed by atoms with Gasteiger partial charge in [0, 0.05) is 19.1 Å². The van der Waals surface area contributed by atoms with E-state index in [0.29, 0.717) is 17.2 Å². The van der Waals surface area contributed by atoms with Gasteiger partial charge in [-0.15, -0.1) is 0 Å². The Kier molecular flexibility index (Phi) is 4.58. The number of nitrogens with two attached hydrogens (primary N) is 1. The first kappa shape index (κ1) is 14.3. The third-order valence-electron chi connectivity index (χ3n) is 2.87. The normalized spacial score (nSPS) is 10.8. The van der Waals surface area contributed by atoms with Crippen molar-refractivity contribution in [3.05, 3.63) is 5.56 Å². The minimum atomic E-state index is -0.443. The van der Waals surface area contributed by atoms with E-state index >= 15 is 0 Å². The number of carbonyl (C=O) groups excluding carboxylic acids is 1. The van der Waals surface area contributed by atoms with E-state index in [-0.39, 0.29) is 6.04 Å². The van der Waals surface area contributed by atoms with Crippen LogP contribution in [-0.4, -0.2) is 35.9 Å². The summed E-state index contributed by atoms with van der Waals surface area (Å²) in [5.74, 6) is 0.512. The maximum atomic E-state index is 11.8. The molecule has 0 amide bonds. The Hall–Kier alpha value is -1.72. The number of nitrogen functional groups attached to an aromatic ring is 1. The molecule has 102 valence electrons. The minimum Gasteiger partial charge on any atom is -0.465 e. The highest BCUT2D eigenvalue weighted by Crippen LogP contribution is 2.28. The lowest BCUT2D eigenvalue weighted by Gasteiger charge is -2.18. The van der Waals surface area contributed by atoms with Gasteiger partial charge in [0.05, 0.1) is 7.11 Å². The zero-order valence-corrected chi connectivity index (χ0v) is 11.7. The molecule has 0 aromatic carbocycles. The maximum Gasteiger partial charge on any atom is 0.345 e. The molecule has 0 aliphatic heterocycles. The second-order valence-corrected chi connectivity index (χ2v) is 4.29. The monoisotopic (exact) mass is 254 g/mol. The number of rotatable bonds is 5. The van der Waals surface area contributed by atoms with Crippen molar-refractivity contribution in [1.29, 1.82) is 0 Å². The van der Waals surface area contributed by atoms with Crippen molar-refractivity contribution in [2.45, 2.75) is 33.7 Å². The van der Waals surface area contributed by atoms with E-state index in [0.717, 1.165) is 13.1 Å². The predicted molar refractivity (Wildman–Crippen MR) is 71.9 cm³/mol. The van der Waals surface area contributed by atoms with Crippen molar-refractivity contribution in [1.82, 2.24) is 9.78 Å². The molecule has 6 heteroatoms. The summed E-state index contributed by atoms with van der Waals surface area (Å²) in [6, 6.07) is 0.0951. The number of nitrogens with zero attached hydrogens (tertiary/aromatic N) is 3. The molecule has 0 aliphatic rings. The van der Waals surface area contributed by atoms with Gasteiger partial charge in [-0.3, -0.25) is 0 Å². The van der Waals surface area contributed by atoms with Crippen LogP contribution in [0.25, 0.3) is 0 Å². The Balaban J connectivity index is 3.39. The van der Waals surface area contributed by atoms with Gasteiger partial charge in [0.2, 0.25) is 0 Å². The van der Waals surface area contributed by atoms with E-state index in [4.69, 9.17) is 10.5 Å². The number of hydrogen-bond donors (Lipinski definition) is 1. The fourth-order valence-corrected chi connectivity index (χ4v) is 1.87. The maximum absolute atomic E-state index is 11.8. The predicted octanol–water partition coefficient (Wildman–Crippen LogP) is 1.68. The van der Waals surface area contributed by atoms with Gasteiger partial charge in [0.25, 0.3) is 0 Å². The molecule has 0 saturated heterocycles. The summed E-state index contributed by atoms with van der Waals surface area (Å²) < 4.78 is 6.44. The van der Waals surface area contributed by atoms with E-state index in [2.05, 4.69) is 5.10 Å². The second kappa shape index (κ2) is 5.75. The fraction of sp³-hybridized carbons (Fsp3) is 0.667. The van der Waals surface area contributed by atoms with Crippen molar-refractivity contribution in [3.8, 4) is 0 Å². The topological polar surface area (TPSA) is 73.4 Å².